The lowest BCUT2D eigenvalue weighted by atomic mass is 9.78. The Morgan fingerprint density at radius 3 is 2.52 bits per heavy atom. The van der Waals surface area contributed by atoms with Crippen molar-refractivity contribution in [2.75, 3.05) is 6.54 Å². The summed E-state index contributed by atoms with van der Waals surface area (Å²) in [5, 5.41) is 4.46. The quantitative estimate of drug-likeness (QED) is 0.854. The first kappa shape index (κ1) is 16.8. The molecule has 118 valence electrons. The Balaban J connectivity index is 2.42. The molecule has 1 aromatic rings. The van der Waals surface area contributed by atoms with E-state index < -0.39 is 0 Å². The van der Waals surface area contributed by atoms with Crippen molar-refractivity contribution in [3.8, 4) is 0 Å². The van der Waals surface area contributed by atoms with E-state index >= 15 is 0 Å². The summed E-state index contributed by atoms with van der Waals surface area (Å²) >= 11 is 6.24. The summed E-state index contributed by atoms with van der Waals surface area (Å²) in [5.74, 6) is 0.421. The highest BCUT2D eigenvalue weighted by Crippen LogP contribution is 2.48. The average Bonchev–Trinajstić information content (AvgIpc) is 2.57. The van der Waals surface area contributed by atoms with Crippen molar-refractivity contribution >= 4 is 11.6 Å². The van der Waals surface area contributed by atoms with Gasteiger partial charge in [0.25, 0.3) is 0 Å². The molecule has 2 nitrogen and oxygen atoms in total. The van der Waals surface area contributed by atoms with Gasteiger partial charge in [-0.1, -0.05) is 24.6 Å². The molecule has 0 aromatic heterocycles. The van der Waals surface area contributed by atoms with Crippen LogP contribution in [0.1, 0.15) is 58.2 Å². The van der Waals surface area contributed by atoms with Gasteiger partial charge in [0.05, 0.1) is 11.2 Å². The van der Waals surface area contributed by atoms with Gasteiger partial charge < -0.3 is 10.1 Å². The minimum Gasteiger partial charge on any atom is -0.369 e. The zero-order valence-electron chi connectivity index (χ0n) is 14.1. The molecule has 1 aromatic carbocycles. The van der Waals surface area contributed by atoms with Gasteiger partial charge in [-0.05, 0) is 70.8 Å². The summed E-state index contributed by atoms with van der Waals surface area (Å²) < 4.78 is 6.29. The minimum atomic E-state index is -0.148. The van der Waals surface area contributed by atoms with Crippen molar-refractivity contribution in [1.29, 1.82) is 0 Å². The van der Waals surface area contributed by atoms with E-state index in [-0.39, 0.29) is 17.2 Å². The van der Waals surface area contributed by atoms with Crippen molar-refractivity contribution in [3.63, 3.8) is 0 Å². The van der Waals surface area contributed by atoms with Crippen molar-refractivity contribution in [2.45, 2.75) is 65.2 Å². The zero-order chi connectivity index (χ0) is 15.8. The Hall–Kier alpha value is -0.570. The smallest absolute Gasteiger partial charge is 0.0681 e. The standard InChI is InChI=1S/C18H28ClNO/c1-7-20-16(14-10-13(19)9-8-12(14)2)15-11-17(3,4)21-18(15,5)6/h8-10,15-16,20H,7,11H2,1-6H3. The monoisotopic (exact) mass is 309 g/mol. The fraction of sp³-hybridized carbons (Fsp3) is 0.667. The zero-order valence-corrected chi connectivity index (χ0v) is 14.8. The molecular weight excluding hydrogens is 282 g/mol. The molecule has 2 atom stereocenters. The number of benzene rings is 1. The van der Waals surface area contributed by atoms with Crippen LogP contribution >= 0.6 is 11.6 Å². The van der Waals surface area contributed by atoms with Crippen LogP contribution in [0, 0.1) is 12.8 Å². The van der Waals surface area contributed by atoms with Crippen molar-refractivity contribution < 1.29 is 4.74 Å². The SMILES string of the molecule is CCNC(c1cc(Cl)ccc1C)C1CC(C)(C)OC1(C)C. The molecule has 1 heterocycles. The molecule has 0 radical (unpaired) electrons. The van der Waals surface area contributed by atoms with Gasteiger partial charge in [0.15, 0.2) is 0 Å². The first-order chi connectivity index (χ1) is 9.66. The van der Waals surface area contributed by atoms with Crippen LogP contribution in [0.25, 0.3) is 0 Å². The number of ether oxygens (including phenoxy) is 1. The van der Waals surface area contributed by atoms with Gasteiger partial charge in [-0.15, -0.1) is 0 Å². The number of hydrogen-bond donors (Lipinski definition) is 1. The Morgan fingerprint density at radius 1 is 1.33 bits per heavy atom. The lowest BCUT2D eigenvalue weighted by Gasteiger charge is -2.34. The van der Waals surface area contributed by atoms with Crippen LogP contribution in [0.15, 0.2) is 18.2 Å². The van der Waals surface area contributed by atoms with Crippen molar-refractivity contribution in [1.82, 2.24) is 5.32 Å². The second-order valence-electron chi connectivity index (χ2n) is 7.31. The van der Waals surface area contributed by atoms with Crippen LogP contribution in [0.4, 0.5) is 0 Å². The van der Waals surface area contributed by atoms with Crippen LogP contribution in [0.2, 0.25) is 5.02 Å². The second kappa shape index (κ2) is 5.91. The lowest BCUT2D eigenvalue weighted by molar-refractivity contribution is -0.0778. The molecule has 21 heavy (non-hydrogen) atoms. The van der Waals surface area contributed by atoms with E-state index in [4.69, 9.17) is 16.3 Å². The van der Waals surface area contributed by atoms with E-state index in [1.165, 1.54) is 11.1 Å². The van der Waals surface area contributed by atoms with Crippen molar-refractivity contribution in [2.24, 2.45) is 5.92 Å². The van der Waals surface area contributed by atoms with Gasteiger partial charge in [-0.25, -0.2) is 0 Å². The summed E-state index contributed by atoms with van der Waals surface area (Å²) in [6.07, 6.45) is 1.05. The number of hydrogen-bond acceptors (Lipinski definition) is 2. The van der Waals surface area contributed by atoms with Crippen LogP contribution in [-0.4, -0.2) is 17.7 Å². The highest BCUT2D eigenvalue weighted by atomic mass is 35.5. The molecule has 1 saturated heterocycles. The molecule has 1 fully saturated rings. The van der Waals surface area contributed by atoms with E-state index in [0.717, 1.165) is 18.0 Å². The van der Waals surface area contributed by atoms with E-state index in [2.05, 4.69) is 59.0 Å². The minimum absolute atomic E-state index is 0.0751. The first-order valence-electron chi connectivity index (χ1n) is 7.86. The topological polar surface area (TPSA) is 21.3 Å². The van der Waals surface area contributed by atoms with E-state index in [0.29, 0.717) is 5.92 Å². The molecule has 1 aliphatic heterocycles. The normalized spacial score (nSPS) is 25.0. The highest BCUT2D eigenvalue weighted by Gasteiger charge is 2.49. The lowest BCUT2D eigenvalue weighted by Crippen LogP contribution is -2.38. The van der Waals surface area contributed by atoms with E-state index in [1.54, 1.807) is 0 Å². The average molecular weight is 310 g/mol. The predicted octanol–water partition coefficient (Wildman–Crippen LogP) is 4.89. The molecule has 2 unspecified atom stereocenters. The molecule has 0 bridgehead atoms. The van der Waals surface area contributed by atoms with Crippen LogP contribution in [0.5, 0.6) is 0 Å². The molecule has 1 N–H and O–H groups in total. The Bertz CT molecular complexity index is 510. The van der Waals surface area contributed by atoms with Gasteiger partial charge in [0.1, 0.15) is 0 Å². The number of nitrogens with one attached hydrogen (secondary N) is 1. The fourth-order valence-corrected chi connectivity index (χ4v) is 3.94. The molecular formula is C18H28ClNO. The van der Waals surface area contributed by atoms with Gasteiger partial charge in [0.2, 0.25) is 0 Å². The largest absolute Gasteiger partial charge is 0.369 e. The predicted molar refractivity (Wildman–Crippen MR) is 90.0 cm³/mol. The van der Waals surface area contributed by atoms with Gasteiger partial charge in [-0.3, -0.25) is 0 Å². The first-order valence-corrected chi connectivity index (χ1v) is 8.24. The Morgan fingerprint density at radius 2 is 2.00 bits per heavy atom. The summed E-state index contributed by atoms with van der Waals surface area (Å²) in [7, 11) is 0. The third-order valence-electron chi connectivity index (χ3n) is 4.55. The van der Waals surface area contributed by atoms with Crippen LogP contribution in [0.3, 0.4) is 0 Å². The maximum atomic E-state index is 6.29. The van der Waals surface area contributed by atoms with Crippen LogP contribution in [-0.2, 0) is 4.74 Å². The Labute approximate surface area is 134 Å². The van der Waals surface area contributed by atoms with Crippen LogP contribution < -0.4 is 5.32 Å². The molecule has 2 rings (SSSR count). The number of halogens is 1. The maximum absolute atomic E-state index is 6.29. The van der Waals surface area contributed by atoms with Gasteiger partial charge in [0, 0.05) is 17.0 Å². The summed E-state index contributed by atoms with van der Waals surface area (Å²) in [5.41, 5.74) is 2.36. The third kappa shape index (κ3) is 3.61. The number of aryl methyl sites for hydroxylation is 1. The molecule has 0 spiro atoms. The molecule has 0 amide bonds. The maximum Gasteiger partial charge on any atom is 0.0681 e. The Kier molecular flexibility index (Phi) is 4.72. The van der Waals surface area contributed by atoms with Crippen molar-refractivity contribution in [3.05, 3.63) is 34.3 Å². The third-order valence-corrected chi connectivity index (χ3v) is 4.78. The summed E-state index contributed by atoms with van der Waals surface area (Å²) in [6, 6.07) is 6.44. The fourth-order valence-electron chi connectivity index (χ4n) is 3.76. The molecule has 1 aliphatic rings. The molecule has 3 heteroatoms. The summed E-state index contributed by atoms with van der Waals surface area (Å²) in [4.78, 5) is 0. The molecule has 0 aliphatic carbocycles. The number of rotatable bonds is 4. The van der Waals surface area contributed by atoms with Gasteiger partial charge >= 0.3 is 0 Å². The van der Waals surface area contributed by atoms with E-state index in [1.807, 2.05) is 6.07 Å². The highest BCUT2D eigenvalue weighted by molar-refractivity contribution is 6.30. The summed E-state index contributed by atoms with van der Waals surface area (Å²) in [6.45, 7) is 14.0. The van der Waals surface area contributed by atoms with Gasteiger partial charge in [-0.2, -0.15) is 0 Å². The van der Waals surface area contributed by atoms with E-state index in [9.17, 15) is 0 Å². The molecule has 0 saturated carbocycles. The second-order valence-corrected chi connectivity index (χ2v) is 7.75.